The Balaban J connectivity index is 2.64. The van der Waals surface area contributed by atoms with Gasteiger partial charge in [0.1, 0.15) is 0 Å². The minimum atomic E-state index is 0.137. The molecule has 2 rings (SSSR count). The van der Waals surface area contributed by atoms with Crippen LogP contribution in [0.2, 0.25) is 0 Å². The third-order valence-electron chi connectivity index (χ3n) is 2.92. The Morgan fingerprint density at radius 3 is 2.93 bits per heavy atom. The van der Waals surface area contributed by atoms with Gasteiger partial charge in [-0.2, -0.15) is 5.10 Å². The zero-order valence-corrected chi connectivity index (χ0v) is 8.83. The first kappa shape index (κ1) is 9.19. The standard InChI is InChI=1S/C11H15N3/c1-4-11(2,3)10-8-7-12-6-5-9(8)13-14-10/h5-7H,4H2,1-3H3,(H,13,14). The van der Waals surface area contributed by atoms with Crippen molar-refractivity contribution >= 4 is 10.9 Å². The fraction of sp³-hybridized carbons (Fsp3) is 0.455. The van der Waals surface area contributed by atoms with Crippen LogP contribution < -0.4 is 0 Å². The van der Waals surface area contributed by atoms with Gasteiger partial charge in [0.05, 0.1) is 11.2 Å². The summed E-state index contributed by atoms with van der Waals surface area (Å²) in [5.41, 5.74) is 2.32. The molecule has 0 spiro atoms. The highest BCUT2D eigenvalue weighted by Gasteiger charge is 2.22. The zero-order chi connectivity index (χ0) is 10.2. The molecule has 0 fully saturated rings. The normalized spacial score (nSPS) is 12.2. The monoisotopic (exact) mass is 189 g/mol. The highest BCUT2D eigenvalue weighted by Crippen LogP contribution is 2.29. The fourth-order valence-corrected chi connectivity index (χ4v) is 1.55. The predicted molar refractivity (Wildman–Crippen MR) is 57.2 cm³/mol. The molecule has 3 heteroatoms. The average molecular weight is 189 g/mol. The third kappa shape index (κ3) is 1.29. The molecule has 0 aliphatic rings. The summed E-state index contributed by atoms with van der Waals surface area (Å²) in [5, 5.41) is 8.52. The molecule has 2 heterocycles. The van der Waals surface area contributed by atoms with Gasteiger partial charge in [-0.3, -0.25) is 10.1 Å². The lowest BCUT2D eigenvalue weighted by Gasteiger charge is -2.20. The summed E-state index contributed by atoms with van der Waals surface area (Å²) in [6, 6.07) is 1.93. The minimum Gasteiger partial charge on any atom is -0.281 e. The molecule has 0 saturated carbocycles. The number of hydrogen-bond acceptors (Lipinski definition) is 2. The van der Waals surface area contributed by atoms with E-state index in [1.807, 2.05) is 12.3 Å². The van der Waals surface area contributed by atoms with Gasteiger partial charge in [-0.15, -0.1) is 0 Å². The lowest BCUT2D eigenvalue weighted by Crippen LogP contribution is -2.16. The van der Waals surface area contributed by atoms with Crippen LogP contribution in [0.15, 0.2) is 18.5 Å². The average Bonchev–Trinajstić information content (AvgIpc) is 2.61. The van der Waals surface area contributed by atoms with Crippen molar-refractivity contribution in [1.82, 2.24) is 15.2 Å². The topological polar surface area (TPSA) is 41.6 Å². The molecule has 2 aromatic rings. The number of H-pyrrole nitrogens is 1. The Kier molecular flexibility index (Phi) is 2.02. The Morgan fingerprint density at radius 1 is 1.43 bits per heavy atom. The lowest BCUT2D eigenvalue weighted by molar-refractivity contribution is 0.493. The van der Waals surface area contributed by atoms with Crippen LogP contribution in [0.3, 0.4) is 0 Å². The van der Waals surface area contributed by atoms with Crippen molar-refractivity contribution in [3.63, 3.8) is 0 Å². The SMILES string of the molecule is CCC(C)(C)c1[nH]nc2ccncc12. The number of fused-ring (bicyclic) bond motifs is 1. The van der Waals surface area contributed by atoms with E-state index in [2.05, 4.69) is 36.0 Å². The second kappa shape index (κ2) is 3.08. The first-order valence-corrected chi connectivity index (χ1v) is 4.93. The van der Waals surface area contributed by atoms with E-state index in [1.165, 1.54) is 5.69 Å². The van der Waals surface area contributed by atoms with E-state index in [4.69, 9.17) is 0 Å². The smallest absolute Gasteiger partial charge is 0.0954 e. The summed E-state index contributed by atoms with van der Waals surface area (Å²) < 4.78 is 0. The second-order valence-electron chi connectivity index (χ2n) is 4.23. The molecule has 2 aromatic heterocycles. The number of pyridine rings is 1. The number of hydrogen-bond donors (Lipinski definition) is 1. The van der Waals surface area contributed by atoms with E-state index in [-0.39, 0.29) is 5.41 Å². The van der Waals surface area contributed by atoms with Crippen molar-refractivity contribution in [2.24, 2.45) is 0 Å². The summed E-state index contributed by atoms with van der Waals surface area (Å²) in [6.45, 7) is 6.61. The quantitative estimate of drug-likeness (QED) is 0.789. The van der Waals surface area contributed by atoms with Crippen LogP contribution in [0.25, 0.3) is 10.9 Å². The molecule has 0 aliphatic heterocycles. The van der Waals surface area contributed by atoms with Crippen molar-refractivity contribution in [3.8, 4) is 0 Å². The van der Waals surface area contributed by atoms with Crippen molar-refractivity contribution in [2.75, 3.05) is 0 Å². The molecule has 0 unspecified atom stereocenters. The van der Waals surface area contributed by atoms with Gasteiger partial charge in [0.15, 0.2) is 0 Å². The van der Waals surface area contributed by atoms with E-state index in [9.17, 15) is 0 Å². The number of nitrogens with one attached hydrogen (secondary N) is 1. The van der Waals surface area contributed by atoms with Crippen LogP contribution in [0.5, 0.6) is 0 Å². The van der Waals surface area contributed by atoms with Gasteiger partial charge in [0.2, 0.25) is 0 Å². The molecule has 0 amide bonds. The fourth-order valence-electron chi connectivity index (χ4n) is 1.55. The molecule has 0 aliphatic carbocycles. The molecule has 1 N–H and O–H groups in total. The second-order valence-corrected chi connectivity index (χ2v) is 4.23. The van der Waals surface area contributed by atoms with Gasteiger partial charge in [0.25, 0.3) is 0 Å². The highest BCUT2D eigenvalue weighted by molar-refractivity contribution is 5.81. The van der Waals surface area contributed by atoms with Gasteiger partial charge in [0, 0.05) is 23.2 Å². The first-order chi connectivity index (χ1) is 6.65. The molecular formula is C11H15N3. The molecule has 0 bridgehead atoms. The largest absolute Gasteiger partial charge is 0.281 e. The molecule has 0 aromatic carbocycles. The van der Waals surface area contributed by atoms with E-state index in [1.54, 1.807) is 6.20 Å². The van der Waals surface area contributed by atoms with Crippen LogP contribution in [0.4, 0.5) is 0 Å². The van der Waals surface area contributed by atoms with Crippen molar-refractivity contribution < 1.29 is 0 Å². The summed E-state index contributed by atoms with van der Waals surface area (Å²) >= 11 is 0. The van der Waals surface area contributed by atoms with E-state index in [0.717, 1.165) is 17.3 Å². The van der Waals surface area contributed by atoms with Gasteiger partial charge in [-0.1, -0.05) is 20.8 Å². The molecule has 0 atom stereocenters. The summed E-state index contributed by atoms with van der Waals surface area (Å²) in [6.07, 6.45) is 4.73. The first-order valence-electron chi connectivity index (χ1n) is 4.93. The minimum absolute atomic E-state index is 0.137. The predicted octanol–water partition coefficient (Wildman–Crippen LogP) is 2.65. The maximum atomic E-state index is 4.27. The van der Waals surface area contributed by atoms with E-state index >= 15 is 0 Å². The number of aromatic amines is 1. The van der Waals surface area contributed by atoms with E-state index in [0.29, 0.717) is 0 Å². The Bertz CT molecular complexity index is 442. The molecule has 3 nitrogen and oxygen atoms in total. The molecule has 0 radical (unpaired) electrons. The molecule has 14 heavy (non-hydrogen) atoms. The highest BCUT2D eigenvalue weighted by atomic mass is 15.1. The van der Waals surface area contributed by atoms with Crippen LogP contribution in [0.1, 0.15) is 32.9 Å². The summed E-state index contributed by atoms with van der Waals surface area (Å²) in [4.78, 5) is 4.13. The number of rotatable bonds is 2. The Labute approximate surface area is 83.6 Å². The molecule has 74 valence electrons. The Morgan fingerprint density at radius 2 is 2.21 bits per heavy atom. The summed E-state index contributed by atoms with van der Waals surface area (Å²) in [5.74, 6) is 0. The lowest BCUT2D eigenvalue weighted by atomic mass is 9.85. The zero-order valence-electron chi connectivity index (χ0n) is 8.83. The third-order valence-corrected chi connectivity index (χ3v) is 2.92. The van der Waals surface area contributed by atoms with Crippen molar-refractivity contribution in [3.05, 3.63) is 24.2 Å². The van der Waals surface area contributed by atoms with Gasteiger partial charge < -0.3 is 0 Å². The van der Waals surface area contributed by atoms with Gasteiger partial charge >= 0.3 is 0 Å². The van der Waals surface area contributed by atoms with Crippen LogP contribution >= 0.6 is 0 Å². The van der Waals surface area contributed by atoms with Crippen molar-refractivity contribution in [2.45, 2.75) is 32.6 Å². The van der Waals surface area contributed by atoms with Gasteiger partial charge in [-0.05, 0) is 12.5 Å². The van der Waals surface area contributed by atoms with Crippen LogP contribution in [-0.4, -0.2) is 15.2 Å². The van der Waals surface area contributed by atoms with Gasteiger partial charge in [-0.25, -0.2) is 0 Å². The Hall–Kier alpha value is -1.38. The van der Waals surface area contributed by atoms with Crippen LogP contribution in [0, 0.1) is 0 Å². The number of aromatic nitrogens is 3. The maximum Gasteiger partial charge on any atom is 0.0954 e. The maximum absolute atomic E-state index is 4.27. The molecular weight excluding hydrogens is 174 g/mol. The van der Waals surface area contributed by atoms with E-state index < -0.39 is 0 Å². The van der Waals surface area contributed by atoms with Crippen LogP contribution in [-0.2, 0) is 5.41 Å². The molecule has 0 saturated heterocycles. The van der Waals surface area contributed by atoms with Crippen molar-refractivity contribution in [1.29, 1.82) is 0 Å². The number of nitrogens with zero attached hydrogens (tertiary/aromatic N) is 2. The summed E-state index contributed by atoms with van der Waals surface area (Å²) in [7, 11) is 0.